The molecular formula is C9H11F2O3P. The van der Waals surface area contributed by atoms with Crippen LogP contribution < -0.4 is 5.30 Å². The average molecular weight is 236 g/mol. The molecule has 0 fully saturated rings. The lowest BCUT2D eigenvalue weighted by Gasteiger charge is -2.14. The lowest BCUT2D eigenvalue weighted by Crippen LogP contribution is -2.13. The van der Waals surface area contributed by atoms with Gasteiger partial charge in [-0.1, -0.05) is 12.1 Å². The third-order valence-electron chi connectivity index (χ3n) is 2.10. The van der Waals surface area contributed by atoms with Crippen LogP contribution in [0.5, 0.6) is 0 Å². The van der Waals surface area contributed by atoms with E-state index >= 15 is 0 Å². The zero-order valence-corrected chi connectivity index (χ0v) is 9.17. The van der Waals surface area contributed by atoms with E-state index in [1.807, 2.05) is 0 Å². The molecule has 1 aromatic carbocycles. The minimum absolute atomic E-state index is 0.0807. The van der Waals surface area contributed by atoms with Crippen molar-refractivity contribution >= 4 is 12.9 Å². The van der Waals surface area contributed by atoms with Crippen molar-refractivity contribution in [2.75, 3.05) is 0 Å². The van der Waals surface area contributed by atoms with Crippen LogP contribution in [0.1, 0.15) is 11.1 Å². The molecule has 1 atom stereocenters. The van der Waals surface area contributed by atoms with Crippen molar-refractivity contribution in [2.45, 2.75) is 20.5 Å². The fourth-order valence-corrected chi connectivity index (χ4v) is 2.41. The Kier molecular flexibility index (Phi) is 3.60. The first-order valence-electron chi connectivity index (χ1n) is 4.20. The molecule has 1 unspecified atom stereocenters. The Morgan fingerprint density at radius 1 is 1.40 bits per heavy atom. The summed E-state index contributed by atoms with van der Waals surface area (Å²) in [7, 11) is -4.42. The smallest absolute Gasteiger partial charge is 0.321 e. The lowest BCUT2D eigenvalue weighted by atomic mass is 10.1. The maximum atomic E-state index is 11.9. The predicted octanol–water partition coefficient (Wildman–Crippen LogP) is 2.35. The molecule has 0 aliphatic heterocycles. The molecule has 0 bridgehead atoms. The van der Waals surface area contributed by atoms with Crippen molar-refractivity contribution in [1.29, 1.82) is 0 Å². The van der Waals surface area contributed by atoms with Crippen LogP contribution in [0.2, 0.25) is 0 Å². The molecule has 1 aromatic rings. The van der Waals surface area contributed by atoms with Gasteiger partial charge in [-0.3, -0.25) is 4.57 Å². The molecule has 15 heavy (non-hydrogen) atoms. The second kappa shape index (κ2) is 4.39. The summed E-state index contributed by atoms with van der Waals surface area (Å²) in [4.78, 5) is 9.31. The van der Waals surface area contributed by atoms with E-state index in [2.05, 4.69) is 4.52 Å². The standard InChI is InChI=1S/C9H11F2O3P/c1-6-4-3-5-8(7(6)2)15(12,13)14-9(10)11/h3-5,9H,1-2H3,(H,12,13). The first-order chi connectivity index (χ1) is 6.84. The van der Waals surface area contributed by atoms with E-state index in [-0.39, 0.29) is 5.30 Å². The van der Waals surface area contributed by atoms with Crippen molar-refractivity contribution in [3.8, 4) is 0 Å². The number of halogens is 2. The van der Waals surface area contributed by atoms with Gasteiger partial charge < -0.3 is 4.89 Å². The largest absolute Gasteiger partial charge is 0.363 e. The van der Waals surface area contributed by atoms with Gasteiger partial charge in [-0.2, -0.15) is 8.78 Å². The number of benzene rings is 1. The second-order valence-electron chi connectivity index (χ2n) is 3.11. The summed E-state index contributed by atoms with van der Waals surface area (Å²) in [5, 5.41) is -0.0807. The summed E-state index contributed by atoms with van der Waals surface area (Å²) in [6, 6.07) is 4.56. The predicted molar refractivity (Wildman–Crippen MR) is 52.5 cm³/mol. The summed E-state index contributed by atoms with van der Waals surface area (Å²) < 4.78 is 39.0. The van der Waals surface area contributed by atoms with Crippen molar-refractivity contribution in [1.82, 2.24) is 0 Å². The Hall–Kier alpha value is -0.770. The highest BCUT2D eigenvalue weighted by Gasteiger charge is 2.29. The van der Waals surface area contributed by atoms with Gasteiger partial charge in [0, 0.05) is 0 Å². The SMILES string of the molecule is Cc1cccc(P(=O)(O)OC(F)F)c1C. The van der Waals surface area contributed by atoms with Gasteiger partial charge in [0.2, 0.25) is 0 Å². The minimum Gasteiger partial charge on any atom is -0.321 e. The summed E-state index contributed by atoms with van der Waals surface area (Å²) >= 11 is 0. The Morgan fingerprint density at radius 2 is 2.00 bits per heavy atom. The first kappa shape index (κ1) is 12.3. The van der Waals surface area contributed by atoms with Crippen LogP contribution in [0.15, 0.2) is 18.2 Å². The zero-order chi connectivity index (χ0) is 11.6. The number of hydrogen-bond donors (Lipinski definition) is 1. The van der Waals surface area contributed by atoms with Gasteiger partial charge in [0.25, 0.3) is 0 Å². The molecule has 0 aromatic heterocycles. The summed E-state index contributed by atoms with van der Waals surface area (Å²) in [5.41, 5.74) is 1.24. The number of alkyl halides is 2. The molecule has 0 aliphatic rings. The molecule has 0 aliphatic carbocycles. The maximum absolute atomic E-state index is 11.9. The minimum atomic E-state index is -4.42. The van der Waals surface area contributed by atoms with E-state index in [1.54, 1.807) is 19.9 Å². The van der Waals surface area contributed by atoms with Gasteiger partial charge in [0.15, 0.2) is 0 Å². The lowest BCUT2D eigenvalue weighted by molar-refractivity contribution is -0.0539. The zero-order valence-electron chi connectivity index (χ0n) is 8.28. The highest BCUT2D eigenvalue weighted by molar-refractivity contribution is 7.61. The fraction of sp³-hybridized carbons (Fsp3) is 0.333. The van der Waals surface area contributed by atoms with Gasteiger partial charge in [-0.15, -0.1) is 0 Å². The Labute approximate surface area is 86.2 Å². The third kappa shape index (κ3) is 2.84. The van der Waals surface area contributed by atoms with Crippen molar-refractivity contribution in [2.24, 2.45) is 0 Å². The third-order valence-corrected chi connectivity index (χ3v) is 3.64. The van der Waals surface area contributed by atoms with Gasteiger partial charge in [-0.05, 0) is 31.0 Å². The number of hydrogen-bond acceptors (Lipinski definition) is 2. The van der Waals surface area contributed by atoms with Crippen LogP contribution in [0.4, 0.5) is 8.78 Å². The summed E-state index contributed by atoms with van der Waals surface area (Å²) in [6.45, 7) is 0.0459. The molecular weight excluding hydrogens is 225 g/mol. The molecule has 1 rings (SSSR count). The van der Waals surface area contributed by atoms with Gasteiger partial charge in [0.05, 0.1) is 5.30 Å². The molecule has 0 saturated heterocycles. The first-order valence-corrected chi connectivity index (χ1v) is 5.78. The average Bonchev–Trinajstić information content (AvgIpc) is 2.07. The van der Waals surface area contributed by atoms with Gasteiger partial charge in [-0.25, -0.2) is 4.52 Å². The van der Waals surface area contributed by atoms with E-state index in [0.29, 0.717) is 5.56 Å². The summed E-state index contributed by atoms with van der Waals surface area (Å²) in [6.07, 6.45) is 0. The molecule has 0 amide bonds. The van der Waals surface area contributed by atoms with Crippen molar-refractivity contribution in [3.05, 3.63) is 29.3 Å². The fourth-order valence-electron chi connectivity index (χ4n) is 1.21. The van der Waals surface area contributed by atoms with Crippen LogP contribution in [-0.4, -0.2) is 11.5 Å². The second-order valence-corrected chi connectivity index (χ2v) is 4.84. The molecule has 0 radical (unpaired) electrons. The van der Waals surface area contributed by atoms with Crippen LogP contribution in [0, 0.1) is 13.8 Å². The van der Waals surface area contributed by atoms with Crippen LogP contribution in [0.3, 0.4) is 0 Å². The quantitative estimate of drug-likeness (QED) is 0.819. The molecule has 0 heterocycles. The topological polar surface area (TPSA) is 46.5 Å². The van der Waals surface area contributed by atoms with Crippen molar-refractivity contribution < 1.29 is 22.8 Å². The Balaban J connectivity index is 3.15. The molecule has 0 spiro atoms. The van der Waals surface area contributed by atoms with Crippen LogP contribution in [0.25, 0.3) is 0 Å². The van der Waals surface area contributed by atoms with Gasteiger partial charge in [0.1, 0.15) is 0 Å². The van der Waals surface area contributed by atoms with E-state index in [0.717, 1.165) is 5.56 Å². The highest BCUT2D eigenvalue weighted by Crippen LogP contribution is 2.43. The monoisotopic (exact) mass is 236 g/mol. The van der Waals surface area contributed by atoms with Gasteiger partial charge >= 0.3 is 14.2 Å². The highest BCUT2D eigenvalue weighted by atomic mass is 31.2. The van der Waals surface area contributed by atoms with Crippen LogP contribution >= 0.6 is 7.60 Å². The normalized spacial score (nSPS) is 15.3. The Morgan fingerprint density at radius 3 is 2.53 bits per heavy atom. The van der Waals surface area contributed by atoms with Crippen LogP contribution in [-0.2, 0) is 9.09 Å². The molecule has 6 heteroatoms. The molecule has 3 nitrogen and oxygen atoms in total. The van der Waals surface area contributed by atoms with E-state index in [4.69, 9.17) is 0 Å². The maximum Gasteiger partial charge on any atom is 0.363 e. The Bertz CT molecular complexity index is 406. The summed E-state index contributed by atoms with van der Waals surface area (Å²) in [5.74, 6) is 0. The molecule has 1 N–H and O–H groups in total. The molecule has 0 saturated carbocycles. The number of rotatable bonds is 3. The van der Waals surface area contributed by atoms with E-state index in [1.165, 1.54) is 12.1 Å². The molecule has 84 valence electrons. The van der Waals surface area contributed by atoms with Crippen molar-refractivity contribution in [3.63, 3.8) is 0 Å². The van der Waals surface area contributed by atoms with E-state index < -0.39 is 14.2 Å². The van der Waals surface area contributed by atoms with E-state index in [9.17, 15) is 18.2 Å². The number of aryl methyl sites for hydroxylation is 1.